The summed E-state index contributed by atoms with van der Waals surface area (Å²) in [5, 5.41) is 11.5. The largest absolute Gasteiger partial charge is 0.449 e. The van der Waals surface area contributed by atoms with Crippen molar-refractivity contribution in [2.75, 3.05) is 19.0 Å². The van der Waals surface area contributed by atoms with Crippen LogP contribution in [0.4, 0.5) is 14.9 Å². The summed E-state index contributed by atoms with van der Waals surface area (Å²) in [6.07, 6.45) is 0.216. The van der Waals surface area contributed by atoms with Crippen LogP contribution in [0.5, 0.6) is 0 Å². The van der Waals surface area contributed by atoms with Crippen LogP contribution >= 0.6 is 0 Å². The highest BCUT2D eigenvalue weighted by atomic mass is 19.1. The lowest BCUT2D eigenvalue weighted by Gasteiger charge is -2.25. The predicted molar refractivity (Wildman–Crippen MR) is 138 cm³/mol. The smallest absolute Gasteiger partial charge is 0.410 e. The molecule has 8 nitrogen and oxygen atoms in total. The molecule has 38 heavy (non-hydrogen) atoms. The van der Waals surface area contributed by atoms with Gasteiger partial charge in [0.15, 0.2) is 6.61 Å². The summed E-state index contributed by atoms with van der Waals surface area (Å²) in [6.45, 7) is -0.456. The third-order valence-corrected chi connectivity index (χ3v) is 5.73. The van der Waals surface area contributed by atoms with Gasteiger partial charge in [-0.1, -0.05) is 54.6 Å². The summed E-state index contributed by atoms with van der Waals surface area (Å²) in [5.74, 6) is -1.29. The SMILES string of the molecule is CN(C(=O)OCc1ccc(NC(=O)Cc2ccc(F)cc2)cc1)[C@@H](CCc1ccccc1)C(=O)OCC#N. The van der Waals surface area contributed by atoms with Crippen molar-refractivity contribution in [1.29, 1.82) is 5.26 Å². The molecule has 0 aliphatic rings. The van der Waals surface area contributed by atoms with E-state index >= 15 is 0 Å². The number of carbonyl (C=O) groups is 3. The predicted octanol–water partition coefficient (Wildman–Crippen LogP) is 4.64. The number of benzene rings is 3. The number of amides is 2. The fourth-order valence-corrected chi connectivity index (χ4v) is 3.67. The Balaban J connectivity index is 1.52. The third-order valence-electron chi connectivity index (χ3n) is 5.73. The second kappa shape index (κ2) is 14.1. The molecule has 0 aliphatic carbocycles. The Kier molecular flexibility index (Phi) is 10.4. The summed E-state index contributed by atoms with van der Waals surface area (Å²) >= 11 is 0. The Labute approximate surface area is 220 Å². The van der Waals surface area contributed by atoms with Crippen LogP contribution in [-0.4, -0.2) is 42.6 Å². The number of anilines is 1. The fraction of sp³-hybridized carbons (Fsp3) is 0.241. The number of carbonyl (C=O) groups excluding carboxylic acids is 3. The van der Waals surface area contributed by atoms with Gasteiger partial charge < -0.3 is 14.8 Å². The highest BCUT2D eigenvalue weighted by Gasteiger charge is 2.29. The molecule has 196 valence electrons. The van der Waals surface area contributed by atoms with Gasteiger partial charge in [-0.25, -0.2) is 14.0 Å². The van der Waals surface area contributed by atoms with Gasteiger partial charge >= 0.3 is 12.1 Å². The minimum absolute atomic E-state index is 0.0500. The number of esters is 1. The van der Waals surface area contributed by atoms with Crippen LogP contribution in [0.25, 0.3) is 0 Å². The first-order chi connectivity index (χ1) is 18.4. The molecule has 0 spiro atoms. The van der Waals surface area contributed by atoms with Crippen LogP contribution in [-0.2, 0) is 38.5 Å². The molecule has 3 aromatic rings. The van der Waals surface area contributed by atoms with Crippen LogP contribution in [0.15, 0.2) is 78.9 Å². The average Bonchev–Trinajstić information content (AvgIpc) is 2.93. The normalized spacial score (nSPS) is 11.1. The average molecular weight is 518 g/mol. The molecule has 0 heterocycles. The highest BCUT2D eigenvalue weighted by Crippen LogP contribution is 2.15. The number of halogens is 1. The maximum absolute atomic E-state index is 13.0. The van der Waals surface area contributed by atoms with Crippen molar-refractivity contribution in [3.63, 3.8) is 0 Å². The minimum Gasteiger partial charge on any atom is -0.449 e. The number of nitrogens with one attached hydrogen (secondary N) is 1. The van der Waals surface area contributed by atoms with E-state index in [2.05, 4.69) is 5.32 Å². The minimum atomic E-state index is -0.922. The maximum atomic E-state index is 13.0. The van der Waals surface area contributed by atoms with Crippen molar-refractivity contribution in [2.45, 2.75) is 31.9 Å². The zero-order valence-corrected chi connectivity index (χ0v) is 20.9. The molecule has 0 saturated heterocycles. The number of nitriles is 1. The Morgan fingerprint density at radius 1 is 0.921 bits per heavy atom. The van der Waals surface area contributed by atoms with Gasteiger partial charge in [0.2, 0.25) is 5.91 Å². The van der Waals surface area contributed by atoms with E-state index in [1.807, 2.05) is 30.3 Å². The van der Waals surface area contributed by atoms with E-state index in [9.17, 15) is 18.8 Å². The summed E-state index contributed by atoms with van der Waals surface area (Å²) < 4.78 is 23.4. The lowest BCUT2D eigenvalue weighted by Crippen LogP contribution is -2.44. The molecule has 0 fully saturated rings. The summed E-state index contributed by atoms with van der Waals surface area (Å²) in [7, 11) is 1.45. The van der Waals surface area contributed by atoms with Crippen LogP contribution in [0, 0.1) is 17.1 Å². The molecular weight excluding hydrogens is 489 g/mol. The molecule has 1 N–H and O–H groups in total. The summed E-state index contributed by atoms with van der Waals surface area (Å²) in [4.78, 5) is 38.6. The maximum Gasteiger partial charge on any atom is 0.410 e. The molecule has 0 saturated carbocycles. The lowest BCUT2D eigenvalue weighted by atomic mass is 10.0. The van der Waals surface area contributed by atoms with Crippen LogP contribution in [0.1, 0.15) is 23.1 Å². The van der Waals surface area contributed by atoms with Gasteiger partial charge in [0.05, 0.1) is 6.42 Å². The molecule has 2 amide bonds. The van der Waals surface area contributed by atoms with E-state index in [-0.39, 0.29) is 24.8 Å². The van der Waals surface area contributed by atoms with Gasteiger partial charge in [-0.05, 0) is 53.8 Å². The van der Waals surface area contributed by atoms with Crippen molar-refractivity contribution in [1.82, 2.24) is 4.90 Å². The van der Waals surface area contributed by atoms with E-state index in [1.54, 1.807) is 42.5 Å². The zero-order chi connectivity index (χ0) is 27.3. The van der Waals surface area contributed by atoms with Gasteiger partial charge in [0, 0.05) is 12.7 Å². The second-order valence-corrected chi connectivity index (χ2v) is 8.52. The van der Waals surface area contributed by atoms with Crippen molar-refractivity contribution in [3.05, 3.63) is 101 Å². The first-order valence-corrected chi connectivity index (χ1v) is 12.0. The summed E-state index contributed by atoms with van der Waals surface area (Å²) in [5.41, 5.74) is 2.93. The molecule has 0 aliphatic heterocycles. The zero-order valence-electron chi connectivity index (χ0n) is 20.9. The first kappa shape index (κ1) is 27.9. The fourth-order valence-electron chi connectivity index (χ4n) is 3.67. The van der Waals surface area contributed by atoms with Crippen LogP contribution < -0.4 is 5.32 Å². The number of likely N-dealkylation sites (N-methyl/N-ethyl adjacent to an activating group) is 1. The van der Waals surface area contributed by atoms with E-state index in [1.165, 1.54) is 24.1 Å². The Hall–Kier alpha value is -4.71. The molecule has 0 aromatic heterocycles. The molecule has 0 bridgehead atoms. The Morgan fingerprint density at radius 2 is 1.58 bits per heavy atom. The molecule has 1 atom stereocenters. The van der Waals surface area contributed by atoms with Crippen molar-refractivity contribution in [2.24, 2.45) is 0 Å². The molecule has 0 unspecified atom stereocenters. The van der Waals surface area contributed by atoms with E-state index < -0.39 is 24.7 Å². The Morgan fingerprint density at radius 3 is 2.24 bits per heavy atom. The lowest BCUT2D eigenvalue weighted by molar-refractivity contribution is -0.147. The van der Waals surface area contributed by atoms with Gasteiger partial charge in [-0.2, -0.15) is 5.26 Å². The second-order valence-electron chi connectivity index (χ2n) is 8.52. The van der Waals surface area contributed by atoms with Gasteiger partial charge in [-0.15, -0.1) is 0 Å². The number of rotatable bonds is 11. The summed E-state index contributed by atoms with van der Waals surface area (Å²) in [6, 6.07) is 22.8. The number of hydrogen-bond donors (Lipinski definition) is 1. The molecule has 9 heteroatoms. The van der Waals surface area contributed by atoms with E-state index in [4.69, 9.17) is 14.7 Å². The topological polar surface area (TPSA) is 109 Å². The monoisotopic (exact) mass is 517 g/mol. The Bertz CT molecular complexity index is 1260. The molecule has 0 radical (unpaired) electrons. The van der Waals surface area contributed by atoms with E-state index in [0.29, 0.717) is 29.7 Å². The number of nitrogens with zero attached hydrogens (tertiary/aromatic N) is 2. The number of hydrogen-bond acceptors (Lipinski definition) is 6. The van der Waals surface area contributed by atoms with E-state index in [0.717, 1.165) is 5.56 Å². The number of ether oxygens (including phenoxy) is 2. The van der Waals surface area contributed by atoms with Crippen molar-refractivity contribution < 1.29 is 28.2 Å². The van der Waals surface area contributed by atoms with Gasteiger partial charge in [0.1, 0.15) is 24.5 Å². The van der Waals surface area contributed by atoms with Crippen LogP contribution in [0.3, 0.4) is 0 Å². The van der Waals surface area contributed by atoms with Crippen molar-refractivity contribution in [3.8, 4) is 6.07 Å². The highest BCUT2D eigenvalue weighted by molar-refractivity contribution is 5.92. The molecular formula is C29H28FN3O5. The van der Waals surface area contributed by atoms with Crippen molar-refractivity contribution >= 4 is 23.7 Å². The van der Waals surface area contributed by atoms with Crippen LogP contribution in [0.2, 0.25) is 0 Å². The third kappa shape index (κ3) is 8.75. The number of aryl methyl sites for hydroxylation is 1. The quantitative estimate of drug-likeness (QED) is 0.371. The molecule has 3 rings (SSSR count). The van der Waals surface area contributed by atoms with Gasteiger partial charge in [0.25, 0.3) is 0 Å². The first-order valence-electron chi connectivity index (χ1n) is 12.0. The molecule has 3 aromatic carbocycles. The standard InChI is InChI=1S/C29H28FN3O5/c1-33(26(28(35)37-18-17-31)16-11-21-5-3-2-4-6-21)29(36)38-20-23-9-14-25(15-10-23)32-27(34)19-22-7-12-24(30)13-8-22/h2-10,12-15,26H,11,16,18-20H2,1H3,(H,32,34)/t26-/m0/s1. The van der Waals surface area contributed by atoms with Gasteiger partial charge in [-0.3, -0.25) is 9.69 Å².